The highest BCUT2D eigenvalue weighted by atomic mass is 28.4. The van der Waals surface area contributed by atoms with Gasteiger partial charge in [-0.1, -0.05) is 129 Å². The Hall–Kier alpha value is -1.63. The summed E-state index contributed by atoms with van der Waals surface area (Å²) in [7, 11) is -5.05. The Bertz CT molecular complexity index is 1230. The number of benzene rings is 2. The molecule has 2 fully saturated rings. The van der Waals surface area contributed by atoms with Crippen LogP contribution in [0.15, 0.2) is 73.3 Å². The third-order valence-corrected chi connectivity index (χ3v) is 22.5. The third kappa shape index (κ3) is 8.38. The molecule has 0 amide bonds. The fourth-order valence-electron chi connectivity index (χ4n) is 9.15. The van der Waals surface area contributed by atoms with Crippen LogP contribution in [0.5, 0.6) is 0 Å². The molecule has 0 spiro atoms. The van der Waals surface area contributed by atoms with E-state index in [-0.39, 0.29) is 42.2 Å². The Morgan fingerprint density at radius 2 is 1.47 bits per heavy atom. The quantitative estimate of drug-likeness (QED) is 0.140. The molecule has 6 atom stereocenters. The molecule has 2 heterocycles. The summed E-state index contributed by atoms with van der Waals surface area (Å²) in [5.41, 5.74) is 0.740. The maximum absolute atomic E-state index is 9.81. The second-order valence-corrected chi connectivity index (χ2v) is 26.3. The molecule has 2 aliphatic heterocycles. The monoisotopic (exact) mass is 710 g/mol. The zero-order chi connectivity index (χ0) is 36.0. The molecule has 1 N–H and O–H groups in total. The first-order chi connectivity index (χ1) is 23.2. The number of rotatable bonds is 16. The fraction of sp³-hybridized carbons (Fsp3) is 0.659. The van der Waals surface area contributed by atoms with Crippen molar-refractivity contribution in [3.05, 3.63) is 73.3 Å². The third-order valence-electron chi connectivity index (χ3n) is 11.3. The first-order valence-corrected chi connectivity index (χ1v) is 22.8. The minimum Gasteiger partial charge on any atom is -0.410 e. The van der Waals surface area contributed by atoms with Gasteiger partial charge >= 0.3 is 0 Å². The van der Waals surface area contributed by atoms with Gasteiger partial charge in [-0.05, 0) is 51.8 Å². The molecule has 8 heteroatoms. The van der Waals surface area contributed by atoms with Crippen LogP contribution < -0.4 is 10.4 Å². The van der Waals surface area contributed by atoms with E-state index in [1.807, 2.05) is 0 Å². The van der Waals surface area contributed by atoms with E-state index in [1.165, 1.54) is 10.4 Å². The minimum absolute atomic E-state index is 0.114. The molecule has 4 rings (SSSR count). The van der Waals surface area contributed by atoms with Crippen molar-refractivity contribution >= 4 is 27.0 Å². The van der Waals surface area contributed by atoms with Gasteiger partial charge in [0.05, 0.1) is 43.2 Å². The van der Waals surface area contributed by atoms with Gasteiger partial charge in [-0.25, -0.2) is 0 Å². The second-order valence-electron chi connectivity index (χ2n) is 16.5. The van der Waals surface area contributed by atoms with Gasteiger partial charge in [0.15, 0.2) is 0 Å². The lowest BCUT2D eigenvalue weighted by Gasteiger charge is -2.55. The van der Waals surface area contributed by atoms with Crippen molar-refractivity contribution in [2.24, 2.45) is 0 Å². The van der Waals surface area contributed by atoms with Gasteiger partial charge in [-0.15, -0.1) is 6.58 Å². The second kappa shape index (κ2) is 16.8. The summed E-state index contributed by atoms with van der Waals surface area (Å²) in [5.74, 6) is 0. The van der Waals surface area contributed by atoms with Gasteiger partial charge in [-0.3, -0.25) is 0 Å². The van der Waals surface area contributed by atoms with Gasteiger partial charge in [0.1, 0.15) is 6.10 Å². The molecule has 2 aliphatic rings. The molecule has 274 valence electrons. The highest BCUT2D eigenvalue weighted by Gasteiger charge is 2.57. The Labute approximate surface area is 300 Å². The summed E-state index contributed by atoms with van der Waals surface area (Å²) >= 11 is 0. The standard InChI is InChI=1S/C41H66O6Si2/c1-12-26-43-38-28-36-39(46-41(38,11)24-19-25-42)37(47-48(30(2)3,31(4)5)32(6)7)27-33(45-36)29-44-49(40(8,9)10,34-20-15-13-16-21-34)35-22-17-14-18-23-35/h12-18,20-23,30-33,36-39,42H,1,19,24-29H2,2-11H3/t33-,36+,37-,38-,39+,41+/m0/s1. The summed E-state index contributed by atoms with van der Waals surface area (Å²) in [5, 5.41) is 12.2. The number of hydrogen-bond acceptors (Lipinski definition) is 6. The highest BCUT2D eigenvalue weighted by Crippen LogP contribution is 2.48. The number of hydrogen-bond donors (Lipinski definition) is 1. The Balaban J connectivity index is 1.75. The van der Waals surface area contributed by atoms with Crippen molar-refractivity contribution in [2.75, 3.05) is 19.8 Å². The molecule has 2 aromatic rings. The lowest BCUT2D eigenvalue weighted by molar-refractivity contribution is -0.288. The lowest BCUT2D eigenvalue weighted by atomic mass is 9.81. The van der Waals surface area contributed by atoms with Crippen molar-refractivity contribution in [1.29, 1.82) is 0 Å². The molecule has 2 aromatic carbocycles. The normalized spacial score (nSPS) is 26.7. The molecular formula is C41H66O6Si2. The number of aliphatic hydroxyl groups is 1. The molecule has 0 aliphatic carbocycles. The van der Waals surface area contributed by atoms with E-state index in [0.717, 1.165) is 0 Å². The number of fused-ring (bicyclic) bond motifs is 1. The predicted molar refractivity (Wildman–Crippen MR) is 207 cm³/mol. The smallest absolute Gasteiger partial charge is 0.261 e. The molecule has 49 heavy (non-hydrogen) atoms. The average Bonchev–Trinajstić information content (AvgIpc) is 3.05. The summed E-state index contributed by atoms with van der Waals surface area (Å²) < 4.78 is 35.7. The molecule has 6 nitrogen and oxygen atoms in total. The van der Waals surface area contributed by atoms with E-state index in [9.17, 15) is 5.11 Å². The summed E-state index contributed by atoms with van der Waals surface area (Å²) in [6.07, 6.45) is 3.58. The number of aliphatic hydroxyl groups excluding tert-OH is 1. The average molecular weight is 711 g/mol. The highest BCUT2D eigenvalue weighted by molar-refractivity contribution is 6.99. The molecule has 0 radical (unpaired) electrons. The maximum atomic E-state index is 9.81. The van der Waals surface area contributed by atoms with Gasteiger partial charge in [0, 0.05) is 19.4 Å². The van der Waals surface area contributed by atoms with Crippen molar-refractivity contribution in [2.45, 2.75) is 153 Å². The van der Waals surface area contributed by atoms with Crippen LogP contribution in [0.25, 0.3) is 0 Å². The van der Waals surface area contributed by atoms with Crippen LogP contribution in [0.3, 0.4) is 0 Å². The van der Waals surface area contributed by atoms with Gasteiger partial charge < -0.3 is 28.2 Å². The predicted octanol–water partition coefficient (Wildman–Crippen LogP) is 8.17. The Morgan fingerprint density at radius 3 is 1.94 bits per heavy atom. The van der Waals surface area contributed by atoms with E-state index in [1.54, 1.807) is 6.08 Å². The van der Waals surface area contributed by atoms with Crippen LogP contribution in [0.4, 0.5) is 0 Å². The van der Waals surface area contributed by atoms with E-state index < -0.39 is 22.2 Å². The van der Waals surface area contributed by atoms with Crippen molar-refractivity contribution in [3.63, 3.8) is 0 Å². The van der Waals surface area contributed by atoms with Crippen molar-refractivity contribution < 1.29 is 28.2 Å². The van der Waals surface area contributed by atoms with Crippen LogP contribution in [0.1, 0.15) is 94.9 Å². The van der Waals surface area contributed by atoms with E-state index in [2.05, 4.69) is 136 Å². The summed E-state index contributed by atoms with van der Waals surface area (Å²) in [4.78, 5) is 0. The van der Waals surface area contributed by atoms with Gasteiger partial charge in [0.2, 0.25) is 8.32 Å². The fourth-order valence-corrected chi connectivity index (χ4v) is 19.3. The van der Waals surface area contributed by atoms with E-state index >= 15 is 0 Å². The maximum Gasteiger partial charge on any atom is 0.261 e. The lowest BCUT2D eigenvalue weighted by Crippen LogP contribution is -2.68. The largest absolute Gasteiger partial charge is 0.410 e. The van der Waals surface area contributed by atoms with Crippen LogP contribution in [0.2, 0.25) is 21.7 Å². The molecule has 0 unspecified atom stereocenters. The van der Waals surface area contributed by atoms with Gasteiger partial charge in [-0.2, -0.15) is 0 Å². The first-order valence-electron chi connectivity index (χ1n) is 18.8. The molecule has 2 saturated heterocycles. The molecule has 0 saturated carbocycles. The molecule has 0 bridgehead atoms. The topological polar surface area (TPSA) is 66.4 Å². The minimum atomic E-state index is -2.77. The Kier molecular flexibility index (Phi) is 13.8. The number of ether oxygens (including phenoxy) is 3. The first kappa shape index (κ1) is 40.1. The van der Waals surface area contributed by atoms with Crippen LogP contribution in [0, 0.1) is 0 Å². The molecular weight excluding hydrogens is 645 g/mol. The zero-order valence-corrected chi connectivity index (χ0v) is 34.1. The van der Waals surface area contributed by atoms with E-state index in [0.29, 0.717) is 55.5 Å². The molecule has 0 aromatic heterocycles. The Morgan fingerprint density at radius 1 is 0.918 bits per heavy atom. The van der Waals surface area contributed by atoms with Gasteiger partial charge in [0.25, 0.3) is 8.32 Å². The van der Waals surface area contributed by atoms with Crippen molar-refractivity contribution in [3.8, 4) is 0 Å². The van der Waals surface area contributed by atoms with Crippen LogP contribution in [-0.2, 0) is 23.1 Å². The summed E-state index contributed by atoms with van der Waals surface area (Å²) in [6, 6.07) is 21.7. The zero-order valence-electron chi connectivity index (χ0n) is 32.1. The van der Waals surface area contributed by atoms with E-state index in [4.69, 9.17) is 23.1 Å². The summed E-state index contributed by atoms with van der Waals surface area (Å²) in [6.45, 7) is 28.1. The van der Waals surface area contributed by atoms with Crippen LogP contribution >= 0.6 is 0 Å². The SMILES string of the molecule is C=CCO[C@H]1C[C@H]2O[C@H](CO[Si](c3ccccc3)(c3ccccc3)C(C)(C)C)C[C@H](O[Si](C(C)C)(C(C)C)C(C)C)[C@@H]2O[C@]1(C)CCCO. The van der Waals surface area contributed by atoms with Crippen LogP contribution in [-0.4, -0.2) is 77.7 Å². The van der Waals surface area contributed by atoms with Crippen molar-refractivity contribution in [1.82, 2.24) is 0 Å².